The zero-order valence-electron chi connectivity index (χ0n) is 11.4. The van der Waals surface area contributed by atoms with Crippen LogP contribution in [0.25, 0.3) is 0 Å². The predicted molar refractivity (Wildman–Crippen MR) is 71.2 cm³/mol. The van der Waals surface area contributed by atoms with Gasteiger partial charge in [-0.05, 0) is 45.2 Å². The fourth-order valence-electron chi connectivity index (χ4n) is 4.00. The number of rotatable bonds is 2. The Hall–Kier alpha value is -0.120. The second-order valence-corrected chi connectivity index (χ2v) is 6.26. The Bertz CT molecular complexity index is 260. The van der Waals surface area contributed by atoms with E-state index in [9.17, 15) is 0 Å². The largest absolute Gasteiger partial charge is 0.311 e. The normalized spacial score (nSPS) is 47.3. The van der Waals surface area contributed by atoms with Crippen LogP contribution in [0.2, 0.25) is 0 Å². The molecule has 0 aliphatic carbocycles. The quantitative estimate of drug-likeness (QED) is 0.777. The summed E-state index contributed by atoms with van der Waals surface area (Å²) in [6, 6.07) is 2.30. The van der Waals surface area contributed by atoms with Gasteiger partial charge < -0.3 is 10.2 Å². The Morgan fingerprint density at radius 1 is 1.18 bits per heavy atom. The number of piperazine rings is 1. The Morgan fingerprint density at radius 2 is 1.94 bits per heavy atom. The van der Waals surface area contributed by atoms with Gasteiger partial charge >= 0.3 is 0 Å². The molecule has 4 saturated heterocycles. The van der Waals surface area contributed by atoms with Gasteiger partial charge in [0, 0.05) is 37.8 Å². The summed E-state index contributed by atoms with van der Waals surface area (Å²) >= 11 is 0. The summed E-state index contributed by atoms with van der Waals surface area (Å²) in [5, 5.41) is 3.68. The third-order valence-corrected chi connectivity index (χ3v) is 5.24. The highest BCUT2D eigenvalue weighted by Gasteiger charge is 2.40. The van der Waals surface area contributed by atoms with Crippen LogP contribution in [-0.2, 0) is 0 Å². The fraction of sp³-hybridized carbons (Fsp3) is 1.00. The fourth-order valence-corrected chi connectivity index (χ4v) is 4.00. The number of fused-ring (bicyclic) bond motifs is 3. The number of hydrogen-bond donors (Lipinski definition) is 1. The second-order valence-electron chi connectivity index (χ2n) is 6.26. The standard InChI is InChI=1S/C14H27N3/c1-3-13-9-17(11(2)8-15-13)14-10-16-6-4-12(14)5-7-16/h11-15H,3-10H2,1-2H3. The molecule has 0 amide bonds. The lowest BCUT2D eigenvalue weighted by atomic mass is 9.82. The Balaban J connectivity index is 1.69. The third-order valence-electron chi connectivity index (χ3n) is 5.24. The summed E-state index contributed by atoms with van der Waals surface area (Å²) in [7, 11) is 0. The molecule has 4 aliphatic heterocycles. The van der Waals surface area contributed by atoms with E-state index in [2.05, 4.69) is 29.0 Å². The van der Waals surface area contributed by atoms with Gasteiger partial charge in [-0.15, -0.1) is 0 Å². The lowest BCUT2D eigenvalue weighted by Gasteiger charge is -2.53. The van der Waals surface area contributed by atoms with Crippen molar-refractivity contribution in [3.63, 3.8) is 0 Å². The molecular formula is C14H27N3. The molecule has 3 atom stereocenters. The molecule has 0 aromatic heterocycles. The van der Waals surface area contributed by atoms with Crippen molar-refractivity contribution in [1.29, 1.82) is 0 Å². The summed E-state index contributed by atoms with van der Waals surface area (Å²) in [5.41, 5.74) is 0. The monoisotopic (exact) mass is 237 g/mol. The zero-order chi connectivity index (χ0) is 11.8. The molecule has 0 spiro atoms. The Kier molecular flexibility index (Phi) is 3.42. The van der Waals surface area contributed by atoms with Gasteiger partial charge in [0.05, 0.1) is 0 Å². The maximum atomic E-state index is 3.68. The molecule has 4 fully saturated rings. The van der Waals surface area contributed by atoms with Crippen molar-refractivity contribution in [3.05, 3.63) is 0 Å². The molecular weight excluding hydrogens is 210 g/mol. The van der Waals surface area contributed by atoms with E-state index in [0.29, 0.717) is 0 Å². The molecule has 98 valence electrons. The van der Waals surface area contributed by atoms with E-state index in [1.165, 1.54) is 52.0 Å². The maximum absolute atomic E-state index is 3.68. The van der Waals surface area contributed by atoms with E-state index in [0.717, 1.165) is 24.0 Å². The average Bonchev–Trinajstić information content (AvgIpc) is 2.40. The molecule has 4 heterocycles. The van der Waals surface area contributed by atoms with Crippen LogP contribution in [0, 0.1) is 5.92 Å². The van der Waals surface area contributed by atoms with E-state index < -0.39 is 0 Å². The van der Waals surface area contributed by atoms with Crippen LogP contribution >= 0.6 is 0 Å². The van der Waals surface area contributed by atoms with Crippen molar-refractivity contribution < 1.29 is 0 Å². The first kappa shape index (κ1) is 11.9. The molecule has 0 aromatic rings. The van der Waals surface area contributed by atoms with Gasteiger partial charge in [0.1, 0.15) is 0 Å². The van der Waals surface area contributed by atoms with Gasteiger partial charge in [-0.2, -0.15) is 0 Å². The maximum Gasteiger partial charge on any atom is 0.0256 e. The van der Waals surface area contributed by atoms with Gasteiger partial charge in [0.2, 0.25) is 0 Å². The lowest BCUT2D eigenvalue weighted by molar-refractivity contribution is -0.0265. The first-order chi connectivity index (χ1) is 8.28. The second kappa shape index (κ2) is 4.87. The van der Waals surface area contributed by atoms with Crippen LogP contribution < -0.4 is 5.32 Å². The molecule has 3 unspecified atom stereocenters. The molecule has 4 rings (SSSR count). The topological polar surface area (TPSA) is 18.5 Å². The highest BCUT2D eigenvalue weighted by Crippen LogP contribution is 2.32. The number of piperidine rings is 3. The van der Waals surface area contributed by atoms with Gasteiger partial charge in [-0.3, -0.25) is 4.90 Å². The molecule has 17 heavy (non-hydrogen) atoms. The molecule has 0 saturated carbocycles. The van der Waals surface area contributed by atoms with Gasteiger partial charge in [-0.1, -0.05) is 6.92 Å². The number of hydrogen-bond acceptors (Lipinski definition) is 3. The van der Waals surface area contributed by atoms with Gasteiger partial charge in [-0.25, -0.2) is 0 Å². The zero-order valence-corrected chi connectivity index (χ0v) is 11.4. The highest BCUT2D eigenvalue weighted by molar-refractivity contribution is 4.96. The molecule has 0 aromatic carbocycles. The van der Waals surface area contributed by atoms with Crippen molar-refractivity contribution in [1.82, 2.24) is 15.1 Å². The van der Waals surface area contributed by atoms with Crippen LogP contribution in [0.4, 0.5) is 0 Å². The van der Waals surface area contributed by atoms with Crippen LogP contribution in [-0.4, -0.2) is 60.6 Å². The lowest BCUT2D eigenvalue weighted by Crippen LogP contribution is -2.65. The summed E-state index contributed by atoms with van der Waals surface area (Å²) in [6.07, 6.45) is 4.15. The molecule has 3 nitrogen and oxygen atoms in total. The van der Waals surface area contributed by atoms with E-state index in [-0.39, 0.29) is 0 Å². The Morgan fingerprint density at radius 3 is 2.53 bits per heavy atom. The Labute approximate surface area is 106 Å². The van der Waals surface area contributed by atoms with Crippen molar-refractivity contribution in [2.75, 3.05) is 32.7 Å². The molecule has 4 aliphatic rings. The van der Waals surface area contributed by atoms with Crippen LogP contribution in [0.3, 0.4) is 0 Å². The number of nitrogens with one attached hydrogen (secondary N) is 1. The first-order valence-corrected chi connectivity index (χ1v) is 7.49. The molecule has 2 bridgehead atoms. The molecule has 1 N–H and O–H groups in total. The average molecular weight is 237 g/mol. The van der Waals surface area contributed by atoms with E-state index in [1.807, 2.05) is 0 Å². The smallest absolute Gasteiger partial charge is 0.0256 e. The van der Waals surface area contributed by atoms with E-state index in [4.69, 9.17) is 0 Å². The van der Waals surface area contributed by atoms with Crippen LogP contribution in [0.1, 0.15) is 33.1 Å². The summed E-state index contributed by atoms with van der Waals surface area (Å²) < 4.78 is 0. The van der Waals surface area contributed by atoms with Crippen molar-refractivity contribution in [2.24, 2.45) is 5.92 Å². The van der Waals surface area contributed by atoms with Crippen molar-refractivity contribution in [2.45, 2.75) is 51.2 Å². The predicted octanol–water partition coefficient (Wildman–Crippen LogP) is 1.15. The van der Waals surface area contributed by atoms with Crippen LogP contribution in [0.5, 0.6) is 0 Å². The minimum atomic E-state index is 0.724. The van der Waals surface area contributed by atoms with Crippen LogP contribution in [0.15, 0.2) is 0 Å². The first-order valence-electron chi connectivity index (χ1n) is 7.49. The van der Waals surface area contributed by atoms with Crippen molar-refractivity contribution in [3.8, 4) is 0 Å². The SMILES string of the molecule is CCC1CN(C2CN3CCC2CC3)C(C)CN1. The summed E-state index contributed by atoms with van der Waals surface area (Å²) in [4.78, 5) is 5.50. The van der Waals surface area contributed by atoms with Gasteiger partial charge in [0.25, 0.3) is 0 Å². The van der Waals surface area contributed by atoms with Crippen molar-refractivity contribution >= 4 is 0 Å². The highest BCUT2D eigenvalue weighted by atomic mass is 15.3. The minimum absolute atomic E-state index is 0.724. The molecule has 0 radical (unpaired) electrons. The van der Waals surface area contributed by atoms with Gasteiger partial charge in [0.15, 0.2) is 0 Å². The van der Waals surface area contributed by atoms with E-state index >= 15 is 0 Å². The summed E-state index contributed by atoms with van der Waals surface area (Å²) in [5.74, 6) is 0.984. The van der Waals surface area contributed by atoms with E-state index in [1.54, 1.807) is 0 Å². The molecule has 3 heteroatoms. The summed E-state index contributed by atoms with van der Waals surface area (Å²) in [6.45, 7) is 11.2. The third kappa shape index (κ3) is 2.25. The minimum Gasteiger partial charge on any atom is -0.311 e. The number of nitrogens with zero attached hydrogens (tertiary/aromatic N) is 2.